The Morgan fingerprint density at radius 3 is 2.79 bits per heavy atom. The minimum atomic E-state index is -0.526. The molecule has 0 amide bonds. The quantitative estimate of drug-likeness (QED) is 0.317. The molecule has 0 N–H and O–H groups in total. The summed E-state index contributed by atoms with van der Waals surface area (Å²) < 4.78 is 10.5. The number of esters is 1. The topological polar surface area (TPSA) is 105 Å². The molecule has 0 aliphatic carbocycles. The number of thiazole rings is 2. The molecule has 0 atom stereocenters. The summed E-state index contributed by atoms with van der Waals surface area (Å²) in [6, 6.07) is 3.73. The second-order valence-corrected chi connectivity index (χ2v) is 8.17. The van der Waals surface area contributed by atoms with E-state index in [9.17, 15) is 4.79 Å². The van der Waals surface area contributed by atoms with Crippen molar-refractivity contribution >= 4 is 77.6 Å². The number of hydrogen-bond acceptors (Lipinski definition) is 12. The molecule has 0 unspecified atom stereocenters. The Morgan fingerprint density at radius 1 is 1.17 bits per heavy atom. The minimum Gasteiger partial charge on any atom is -0.461 e. The Hall–Kier alpha value is -3.09. The third kappa shape index (κ3) is 3.10. The highest BCUT2D eigenvalue weighted by Gasteiger charge is 2.32. The SMILES string of the molecule is CCOC(=O)C1=NN(c2nccs2)c2ccc(N=Nc3nccs3)c3snc1c23. The molecule has 0 bridgehead atoms. The average molecular weight is 442 g/mol. The van der Waals surface area contributed by atoms with Crippen molar-refractivity contribution in [2.24, 2.45) is 15.3 Å². The first kappa shape index (κ1) is 18.0. The number of azo groups is 1. The van der Waals surface area contributed by atoms with Crippen LogP contribution in [0.2, 0.25) is 0 Å². The van der Waals surface area contributed by atoms with E-state index in [0.29, 0.717) is 21.6 Å². The van der Waals surface area contributed by atoms with E-state index in [-0.39, 0.29) is 12.3 Å². The van der Waals surface area contributed by atoms with Crippen molar-refractivity contribution in [2.45, 2.75) is 6.92 Å². The first-order chi connectivity index (χ1) is 14.3. The van der Waals surface area contributed by atoms with Gasteiger partial charge in [0.05, 0.1) is 22.4 Å². The fourth-order valence-corrected chi connectivity index (χ4v) is 4.72. The Morgan fingerprint density at radius 2 is 2.03 bits per heavy atom. The highest BCUT2D eigenvalue weighted by atomic mass is 32.1. The Kier molecular flexibility index (Phi) is 4.58. The van der Waals surface area contributed by atoms with Crippen LogP contribution < -0.4 is 5.01 Å². The zero-order chi connectivity index (χ0) is 19.8. The molecule has 4 aromatic rings. The number of aromatic nitrogens is 3. The number of anilines is 2. The van der Waals surface area contributed by atoms with Crippen LogP contribution in [0, 0.1) is 0 Å². The first-order valence-electron chi connectivity index (χ1n) is 8.45. The second kappa shape index (κ2) is 7.39. The fourth-order valence-electron chi connectivity index (χ4n) is 2.80. The summed E-state index contributed by atoms with van der Waals surface area (Å²) >= 11 is 4.06. The van der Waals surface area contributed by atoms with Crippen molar-refractivity contribution < 1.29 is 9.53 Å². The monoisotopic (exact) mass is 441 g/mol. The number of hydrogen-bond donors (Lipinski definition) is 0. The van der Waals surface area contributed by atoms with Crippen molar-refractivity contribution in [1.82, 2.24) is 14.3 Å². The Labute approximate surface area is 176 Å². The van der Waals surface area contributed by atoms with Crippen LogP contribution in [0.25, 0.3) is 10.1 Å². The largest absolute Gasteiger partial charge is 0.461 e. The van der Waals surface area contributed by atoms with Gasteiger partial charge >= 0.3 is 5.97 Å². The molecule has 0 saturated carbocycles. The van der Waals surface area contributed by atoms with Crippen LogP contribution in [-0.4, -0.2) is 32.6 Å². The molecule has 4 heterocycles. The van der Waals surface area contributed by atoms with E-state index in [2.05, 4.69) is 29.7 Å². The predicted octanol–water partition coefficient (Wildman–Crippen LogP) is 5.04. The molecule has 0 radical (unpaired) electrons. The molecule has 1 aliphatic heterocycles. The first-order valence-corrected chi connectivity index (χ1v) is 11.0. The molecular weight excluding hydrogens is 430 g/mol. The van der Waals surface area contributed by atoms with Crippen molar-refractivity contribution in [3.05, 3.63) is 41.0 Å². The number of rotatable bonds is 5. The van der Waals surface area contributed by atoms with Gasteiger partial charge in [-0.2, -0.15) is 9.47 Å². The van der Waals surface area contributed by atoms with Gasteiger partial charge in [0.2, 0.25) is 10.3 Å². The van der Waals surface area contributed by atoms with Gasteiger partial charge in [-0.15, -0.1) is 32.9 Å². The summed E-state index contributed by atoms with van der Waals surface area (Å²) in [5.74, 6) is -0.526. The van der Waals surface area contributed by atoms with E-state index in [1.165, 1.54) is 34.2 Å². The Bertz CT molecular complexity index is 1250. The van der Waals surface area contributed by atoms with Gasteiger partial charge in [0.15, 0.2) is 5.71 Å². The summed E-state index contributed by atoms with van der Waals surface area (Å²) in [5, 5.41) is 20.3. The molecule has 0 saturated heterocycles. The van der Waals surface area contributed by atoms with E-state index in [1.807, 2.05) is 22.9 Å². The molecule has 144 valence electrons. The zero-order valence-corrected chi connectivity index (χ0v) is 17.3. The maximum absolute atomic E-state index is 12.5. The number of benzene rings is 1. The van der Waals surface area contributed by atoms with E-state index in [4.69, 9.17) is 4.74 Å². The standard InChI is InChI=1S/C17H11N7O2S3/c1-2-26-15(25)13-12-11-10(24(22-13)17-19-6-8-28-17)4-3-9(14(11)29-23-12)20-21-16-18-5-7-27-16/h3-8H,2H2,1H3. The fraction of sp³-hybridized carbons (Fsp3) is 0.118. The lowest BCUT2D eigenvalue weighted by Crippen LogP contribution is -2.26. The highest BCUT2D eigenvalue weighted by Crippen LogP contribution is 2.44. The van der Waals surface area contributed by atoms with Gasteiger partial charge < -0.3 is 4.74 Å². The molecule has 5 rings (SSSR count). The van der Waals surface area contributed by atoms with E-state index in [1.54, 1.807) is 24.3 Å². The summed E-state index contributed by atoms with van der Waals surface area (Å²) in [7, 11) is 0. The van der Waals surface area contributed by atoms with Crippen molar-refractivity contribution in [2.75, 3.05) is 11.6 Å². The summed E-state index contributed by atoms with van der Waals surface area (Å²) in [6.45, 7) is 2.00. The summed E-state index contributed by atoms with van der Waals surface area (Å²) in [6.07, 6.45) is 3.36. The van der Waals surface area contributed by atoms with Crippen molar-refractivity contribution in [3.8, 4) is 0 Å². The smallest absolute Gasteiger partial charge is 0.361 e. The lowest BCUT2D eigenvalue weighted by molar-refractivity contribution is -0.134. The van der Waals surface area contributed by atoms with Crippen LogP contribution >= 0.6 is 34.2 Å². The van der Waals surface area contributed by atoms with Crippen molar-refractivity contribution in [1.29, 1.82) is 0 Å². The maximum atomic E-state index is 12.5. The van der Waals surface area contributed by atoms with Crippen LogP contribution in [0.15, 0.2) is 50.6 Å². The molecule has 1 aliphatic rings. The summed E-state index contributed by atoms with van der Waals surface area (Å²) in [5.41, 5.74) is 2.05. The average Bonchev–Trinajstić information content (AvgIpc) is 3.50. The number of carbonyl (C=O) groups is 1. The molecular formula is C17H11N7O2S3. The molecule has 12 heteroatoms. The predicted molar refractivity (Wildman–Crippen MR) is 113 cm³/mol. The zero-order valence-electron chi connectivity index (χ0n) is 14.8. The number of nitrogens with zero attached hydrogens (tertiary/aromatic N) is 7. The van der Waals surface area contributed by atoms with Crippen molar-refractivity contribution in [3.63, 3.8) is 0 Å². The van der Waals surface area contributed by atoms with Gasteiger partial charge in [0, 0.05) is 23.2 Å². The number of hydrazone groups is 1. The van der Waals surface area contributed by atoms with Gasteiger partial charge in [-0.05, 0) is 30.6 Å². The molecule has 9 nitrogen and oxygen atoms in total. The van der Waals surface area contributed by atoms with Crippen LogP contribution in [0.5, 0.6) is 0 Å². The highest BCUT2D eigenvalue weighted by molar-refractivity contribution is 7.15. The van der Waals surface area contributed by atoms with Gasteiger partial charge in [-0.25, -0.2) is 19.8 Å². The van der Waals surface area contributed by atoms with Gasteiger partial charge in [-0.1, -0.05) is 0 Å². The number of carbonyl (C=O) groups excluding carboxylic acids is 1. The lowest BCUT2D eigenvalue weighted by Gasteiger charge is -2.22. The van der Waals surface area contributed by atoms with E-state index < -0.39 is 5.97 Å². The third-order valence-corrected chi connectivity index (χ3v) is 6.24. The van der Waals surface area contributed by atoms with Gasteiger partial charge in [0.25, 0.3) is 0 Å². The van der Waals surface area contributed by atoms with Crippen LogP contribution in [-0.2, 0) is 9.53 Å². The minimum absolute atomic E-state index is 0.148. The number of ether oxygens (including phenoxy) is 1. The Balaban J connectivity index is 1.68. The van der Waals surface area contributed by atoms with Crippen LogP contribution in [0.1, 0.15) is 12.6 Å². The molecule has 0 spiro atoms. The molecule has 0 fully saturated rings. The van der Waals surface area contributed by atoms with Crippen LogP contribution in [0.4, 0.5) is 21.6 Å². The van der Waals surface area contributed by atoms with Gasteiger partial charge in [0.1, 0.15) is 11.4 Å². The van der Waals surface area contributed by atoms with E-state index >= 15 is 0 Å². The summed E-state index contributed by atoms with van der Waals surface area (Å²) in [4.78, 5) is 21.0. The molecule has 1 aromatic carbocycles. The normalized spacial score (nSPS) is 13.3. The van der Waals surface area contributed by atoms with Gasteiger partial charge in [-0.3, -0.25) is 0 Å². The third-order valence-electron chi connectivity index (χ3n) is 3.96. The van der Waals surface area contributed by atoms with Crippen LogP contribution in [0.3, 0.4) is 0 Å². The second-order valence-electron chi connectivity index (χ2n) is 5.65. The maximum Gasteiger partial charge on any atom is 0.361 e. The molecule has 3 aromatic heterocycles. The molecule has 29 heavy (non-hydrogen) atoms. The lowest BCUT2D eigenvalue weighted by atomic mass is 10.1. The van der Waals surface area contributed by atoms with E-state index in [0.717, 1.165) is 15.8 Å².